The first kappa shape index (κ1) is 20.4. The lowest BCUT2D eigenvalue weighted by molar-refractivity contribution is -0.122. The van der Waals surface area contributed by atoms with Crippen LogP contribution in [0, 0.1) is 0 Å². The van der Waals surface area contributed by atoms with Crippen molar-refractivity contribution >= 4 is 23.3 Å². The Morgan fingerprint density at radius 3 is 2.50 bits per heavy atom. The minimum absolute atomic E-state index is 0.0371. The molecule has 1 aliphatic heterocycles. The summed E-state index contributed by atoms with van der Waals surface area (Å²) in [5.41, 5.74) is 1.08. The van der Waals surface area contributed by atoms with Crippen molar-refractivity contribution < 1.29 is 14.3 Å². The normalized spacial score (nSPS) is 15.8. The smallest absolute Gasteiger partial charge is 0.409 e. The summed E-state index contributed by atoms with van der Waals surface area (Å²) in [5.74, 6) is 0.0371. The molecule has 0 aliphatic carbocycles. The van der Waals surface area contributed by atoms with Gasteiger partial charge in [0.05, 0.1) is 12.6 Å². The lowest BCUT2D eigenvalue weighted by Crippen LogP contribution is -2.49. The van der Waals surface area contributed by atoms with Crippen LogP contribution in [0.5, 0.6) is 0 Å². The first-order valence-corrected chi connectivity index (χ1v) is 10.6. The SMILES string of the molecule is CCOC(=O)N1CCN(CCC(=O)NC(c2ccccc2)c2cccs2)CC1. The number of piperazine rings is 1. The fraction of sp³-hybridized carbons (Fsp3) is 0.429. The fourth-order valence-electron chi connectivity index (χ4n) is 3.28. The van der Waals surface area contributed by atoms with Crippen LogP contribution in [-0.2, 0) is 9.53 Å². The molecule has 3 rings (SSSR count). The zero-order valence-corrected chi connectivity index (χ0v) is 17.0. The highest BCUT2D eigenvalue weighted by atomic mass is 32.1. The Morgan fingerprint density at radius 2 is 1.86 bits per heavy atom. The van der Waals surface area contributed by atoms with E-state index in [2.05, 4.69) is 16.3 Å². The van der Waals surface area contributed by atoms with Crippen LogP contribution in [-0.4, -0.2) is 61.1 Å². The quantitative estimate of drug-likeness (QED) is 0.774. The van der Waals surface area contributed by atoms with Crippen molar-refractivity contribution in [3.05, 3.63) is 58.3 Å². The van der Waals surface area contributed by atoms with E-state index in [9.17, 15) is 9.59 Å². The molecule has 1 fully saturated rings. The average molecular weight is 402 g/mol. The highest BCUT2D eigenvalue weighted by Crippen LogP contribution is 2.26. The van der Waals surface area contributed by atoms with Gasteiger partial charge in [-0.05, 0) is 23.9 Å². The van der Waals surface area contributed by atoms with Crippen LogP contribution >= 0.6 is 11.3 Å². The van der Waals surface area contributed by atoms with Gasteiger partial charge in [-0.3, -0.25) is 9.69 Å². The lowest BCUT2D eigenvalue weighted by Gasteiger charge is -2.33. The van der Waals surface area contributed by atoms with E-state index in [1.54, 1.807) is 16.2 Å². The standard InChI is InChI=1S/C21H27N3O3S/c1-2-27-21(26)24-14-12-23(13-15-24)11-10-19(25)22-20(18-9-6-16-28-18)17-7-4-3-5-8-17/h3-9,16,20H,2,10-15H2,1H3,(H,22,25). The summed E-state index contributed by atoms with van der Waals surface area (Å²) >= 11 is 1.65. The number of hydrogen-bond acceptors (Lipinski definition) is 5. The zero-order valence-electron chi connectivity index (χ0n) is 16.2. The van der Waals surface area contributed by atoms with Gasteiger partial charge in [-0.25, -0.2) is 4.79 Å². The van der Waals surface area contributed by atoms with E-state index in [0.717, 1.165) is 23.5 Å². The largest absolute Gasteiger partial charge is 0.450 e. The zero-order chi connectivity index (χ0) is 19.8. The predicted octanol–water partition coefficient (Wildman–Crippen LogP) is 3.12. The number of carbonyl (C=O) groups is 2. The molecule has 1 aliphatic rings. The average Bonchev–Trinajstić information content (AvgIpc) is 3.26. The van der Waals surface area contributed by atoms with E-state index in [1.807, 2.05) is 48.7 Å². The molecule has 6 nitrogen and oxygen atoms in total. The van der Waals surface area contributed by atoms with E-state index in [1.165, 1.54) is 0 Å². The Hall–Kier alpha value is -2.38. The number of amides is 2. The highest BCUT2D eigenvalue weighted by Gasteiger charge is 2.23. The topological polar surface area (TPSA) is 61.9 Å². The molecule has 7 heteroatoms. The van der Waals surface area contributed by atoms with Crippen molar-refractivity contribution in [2.75, 3.05) is 39.3 Å². The summed E-state index contributed by atoms with van der Waals surface area (Å²) in [7, 11) is 0. The number of ether oxygens (including phenoxy) is 1. The second kappa shape index (κ2) is 10.2. The van der Waals surface area contributed by atoms with Crippen molar-refractivity contribution in [3.8, 4) is 0 Å². The van der Waals surface area contributed by atoms with Crippen LogP contribution in [0.1, 0.15) is 29.8 Å². The number of hydrogen-bond donors (Lipinski definition) is 1. The third kappa shape index (κ3) is 5.56. The number of rotatable bonds is 7. The van der Waals surface area contributed by atoms with E-state index in [0.29, 0.717) is 32.7 Å². The second-order valence-corrected chi connectivity index (χ2v) is 7.68. The Bertz CT molecular complexity index is 744. The van der Waals surface area contributed by atoms with Crippen LogP contribution in [0.25, 0.3) is 0 Å². The molecule has 150 valence electrons. The van der Waals surface area contributed by atoms with Crippen molar-refractivity contribution in [1.82, 2.24) is 15.1 Å². The highest BCUT2D eigenvalue weighted by molar-refractivity contribution is 7.10. The third-order valence-electron chi connectivity index (χ3n) is 4.82. The first-order chi connectivity index (χ1) is 13.7. The molecule has 1 unspecified atom stereocenters. The molecular formula is C21H27N3O3S. The third-order valence-corrected chi connectivity index (χ3v) is 5.76. The lowest BCUT2D eigenvalue weighted by atomic mass is 10.1. The second-order valence-electron chi connectivity index (χ2n) is 6.70. The molecule has 2 heterocycles. The van der Waals surface area contributed by atoms with Gasteiger partial charge in [0.1, 0.15) is 0 Å². The van der Waals surface area contributed by atoms with Gasteiger partial charge in [0.2, 0.25) is 5.91 Å². The van der Waals surface area contributed by atoms with Crippen LogP contribution in [0.2, 0.25) is 0 Å². The van der Waals surface area contributed by atoms with Gasteiger partial charge >= 0.3 is 6.09 Å². The molecule has 2 amide bonds. The van der Waals surface area contributed by atoms with Crippen molar-refractivity contribution in [2.24, 2.45) is 0 Å². The number of benzene rings is 1. The van der Waals surface area contributed by atoms with Gasteiger partial charge in [0.15, 0.2) is 0 Å². The molecule has 0 radical (unpaired) electrons. The molecule has 2 aromatic rings. The molecule has 0 spiro atoms. The van der Waals surface area contributed by atoms with Crippen LogP contribution in [0.3, 0.4) is 0 Å². The molecule has 28 heavy (non-hydrogen) atoms. The molecule has 1 atom stereocenters. The molecular weight excluding hydrogens is 374 g/mol. The summed E-state index contributed by atoms with van der Waals surface area (Å²) in [6.45, 7) is 5.70. The van der Waals surface area contributed by atoms with Gasteiger partial charge in [-0.1, -0.05) is 36.4 Å². The summed E-state index contributed by atoms with van der Waals surface area (Å²) in [6.07, 6.45) is 0.190. The van der Waals surface area contributed by atoms with Crippen molar-refractivity contribution in [3.63, 3.8) is 0 Å². The fourth-order valence-corrected chi connectivity index (χ4v) is 4.08. The molecule has 1 saturated heterocycles. The maximum Gasteiger partial charge on any atom is 0.409 e. The van der Waals surface area contributed by atoms with Gasteiger partial charge in [-0.15, -0.1) is 11.3 Å². The van der Waals surface area contributed by atoms with E-state index < -0.39 is 0 Å². The predicted molar refractivity (Wildman–Crippen MR) is 110 cm³/mol. The van der Waals surface area contributed by atoms with E-state index in [4.69, 9.17) is 4.74 Å². The number of thiophene rings is 1. The summed E-state index contributed by atoms with van der Waals surface area (Å²) in [6, 6.07) is 14.0. The molecule has 1 aromatic heterocycles. The number of nitrogens with zero attached hydrogens (tertiary/aromatic N) is 2. The maximum absolute atomic E-state index is 12.6. The Balaban J connectivity index is 1.49. The van der Waals surface area contributed by atoms with Crippen LogP contribution < -0.4 is 5.32 Å². The maximum atomic E-state index is 12.6. The molecule has 0 saturated carbocycles. The summed E-state index contributed by atoms with van der Waals surface area (Å²) < 4.78 is 5.04. The molecule has 1 aromatic carbocycles. The Kier molecular flexibility index (Phi) is 7.45. The number of nitrogens with one attached hydrogen (secondary N) is 1. The van der Waals surface area contributed by atoms with Crippen LogP contribution in [0.15, 0.2) is 47.8 Å². The minimum Gasteiger partial charge on any atom is -0.450 e. The van der Waals surface area contributed by atoms with Crippen molar-refractivity contribution in [2.45, 2.75) is 19.4 Å². The van der Waals surface area contributed by atoms with Gasteiger partial charge < -0.3 is 15.0 Å². The monoisotopic (exact) mass is 401 g/mol. The van der Waals surface area contributed by atoms with Gasteiger partial charge in [-0.2, -0.15) is 0 Å². The Labute approximate surface area is 170 Å². The summed E-state index contributed by atoms with van der Waals surface area (Å²) in [4.78, 5) is 29.4. The summed E-state index contributed by atoms with van der Waals surface area (Å²) in [5, 5.41) is 5.21. The first-order valence-electron chi connectivity index (χ1n) is 9.69. The Morgan fingerprint density at radius 1 is 1.11 bits per heavy atom. The molecule has 1 N–H and O–H groups in total. The number of carbonyl (C=O) groups excluding carboxylic acids is 2. The van der Waals surface area contributed by atoms with E-state index in [-0.39, 0.29) is 18.0 Å². The molecule has 0 bridgehead atoms. The van der Waals surface area contributed by atoms with Gasteiger partial charge in [0.25, 0.3) is 0 Å². The van der Waals surface area contributed by atoms with Gasteiger partial charge in [0, 0.05) is 44.0 Å². The van der Waals surface area contributed by atoms with Crippen molar-refractivity contribution in [1.29, 1.82) is 0 Å². The van der Waals surface area contributed by atoms with E-state index >= 15 is 0 Å². The van der Waals surface area contributed by atoms with Crippen LogP contribution in [0.4, 0.5) is 4.79 Å². The minimum atomic E-state index is -0.249.